The zero-order valence-corrected chi connectivity index (χ0v) is 18.8. The molecule has 5 atom stereocenters. The van der Waals surface area contributed by atoms with Crippen molar-refractivity contribution in [2.24, 2.45) is 17.8 Å². The minimum atomic E-state index is -0.797. The van der Waals surface area contributed by atoms with Crippen molar-refractivity contribution in [2.75, 3.05) is 13.1 Å². The Balaban J connectivity index is 1.50. The van der Waals surface area contributed by atoms with Gasteiger partial charge in [0.1, 0.15) is 17.5 Å². The number of allylic oxidation sites excluding steroid dienone is 1. The van der Waals surface area contributed by atoms with Crippen LogP contribution in [0, 0.1) is 23.6 Å². The maximum absolute atomic E-state index is 13.8. The van der Waals surface area contributed by atoms with Gasteiger partial charge in [-0.25, -0.2) is 4.39 Å². The van der Waals surface area contributed by atoms with Crippen LogP contribution in [0.5, 0.6) is 0 Å². The van der Waals surface area contributed by atoms with Gasteiger partial charge in [0.05, 0.1) is 5.92 Å². The number of esters is 2. The topological polar surface area (TPSA) is 81.7 Å². The minimum absolute atomic E-state index is 0.0199. The number of Topliss-reactive ketones (excluding diaryl/α,β-unsaturated/α-hetero) is 1. The van der Waals surface area contributed by atoms with Crippen molar-refractivity contribution in [3.05, 3.63) is 46.8 Å². The number of ketones is 1. The number of fused-ring (bicyclic) bond motifs is 3. The molecule has 0 amide bonds. The van der Waals surface area contributed by atoms with Gasteiger partial charge < -0.3 is 14.8 Å². The molecule has 7 heteroatoms. The van der Waals surface area contributed by atoms with Crippen molar-refractivity contribution in [1.29, 1.82) is 0 Å². The number of hydrogen-bond acceptors (Lipinski definition) is 6. The average molecular weight is 444 g/mol. The molecule has 2 fully saturated rings. The molecule has 32 heavy (non-hydrogen) atoms. The van der Waals surface area contributed by atoms with Gasteiger partial charge in [-0.05, 0) is 62.4 Å². The summed E-state index contributed by atoms with van der Waals surface area (Å²) < 4.78 is 25.4. The first-order chi connectivity index (χ1) is 15.2. The summed E-state index contributed by atoms with van der Waals surface area (Å²) in [7, 11) is 0. The Kier molecular flexibility index (Phi) is 6.21. The van der Waals surface area contributed by atoms with Crippen LogP contribution in [0.4, 0.5) is 4.39 Å². The van der Waals surface area contributed by atoms with E-state index in [0.717, 1.165) is 5.57 Å². The lowest BCUT2D eigenvalue weighted by molar-refractivity contribution is -0.161. The third-order valence-corrected chi connectivity index (χ3v) is 7.36. The molecule has 0 aromatic heterocycles. The molecule has 6 nitrogen and oxygen atoms in total. The van der Waals surface area contributed by atoms with Gasteiger partial charge in [-0.3, -0.25) is 14.4 Å². The second-order valence-electron chi connectivity index (χ2n) is 9.38. The Morgan fingerprint density at radius 2 is 2.06 bits per heavy atom. The van der Waals surface area contributed by atoms with Crippen molar-refractivity contribution < 1.29 is 28.2 Å². The number of carbonyl (C=O) groups is 3. The molecule has 1 N–H and O–H groups in total. The molecule has 1 aliphatic heterocycles. The highest BCUT2D eigenvalue weighted by molar-refractivity contribution is 5.99. The predicted octanol–water partition coefficient (Wildman–Crippen LogP) is 3.14. The lowest BCUT2D eigenvalue weighted by Crippen LogP contribution is -2.40. The van der Waals surface area contributed by atoms with Crippen LogP contribution in [0.2, 0.25) is 0 Å². The summed E-state index contributed by atoms with van der Waals surface area (Å²) >= 11 is 0. The quantitative estimate of drug-likeness (QED) is 0.537. The number of halogens is 1. The van der Waals surface area contributed by atoms with Crippen molar-refractivity contribution in [3.63, 3.8) is 0 Å². The highest BCUT2D eigenvalue weighted by Gasteiger charge is 2.57. The normalized spacial score (nSPS) is 31.8. The van der Waals surface area contributed by atoms with Crippen molar-refractivity contribution >= 4 is 17.7 Å². The average Bonchev–Trinajstić information content (AvgIpc) is 3.17. The molecule has 0 bridgehead atoms. The van der Waals surface area contributed by atoms with Gasteiger partial charge in [0.2, 0.25) is 0 Å². The van der Waals surface area contributed by atoms with Crippen molar-refractivity contribution in [3.8, 4) is 0 Å². The number of benzene rings is 1. The van der Waals surface area contributed by atoms with Gasteiger partial charge in [-0.2, -0.15) is 0 Å². The Morgan fingerprint density at radius 3 is 2.78 bits per heavy atom. The fraction of sp³-hybridized carbons (Fsp3) is 0.560. The second kappa shape index (κ2) is 8.77. The molecular formula is C25H30FNO5. The summed E-state index contributed by atoms with van der Waals surface area (Å²) in [4.78, 5) is 37.2. The van der Waals surface area contributed by atoms with Gasteiger partial charge in [0.25, 0.3) is 0 Å². The van der Waals surface area contributed by atoms with Crippen LogP contribution in [0.25, 0.3) is 0 Å². The molecule has 0 spiro atoms. The molecule has 1 heterocycles. The molecule has 1 aromatic carbocycles. The van der Waals surface area contributed by atoms with Crippen LogP contribution in [-0.4, -0.2) is 42.5 Å². The van der Waals surface area contributed by atoms with Crippen molar-refractivity contribution in [1.82, 2.24) is 5.32 Å². The van der Waals surface area contributed by atoms with Crippen LogP contribution in [0.1, 0.15) is 45.6 Å². The standard InChI is InChI=1S/C25H30FNO5/c1-14-21(29)12-19-22(14)23-17(8-10-25(19,3)32-15(2)28)18(24(30)31-23)13-27-11-9-16-6-4-5-7-20(16)26/h4-7,17-19,23,27H,8-13H2,1-3H3/t17-,18-,19+,23-,25+/m0/s1. The van der Waals surface area contributed by atoms with Crippen LogP contribution in [0.15, 0.2) is 35.4 Å². The van der Waals surface area contributed by atoms with Gasteiger partial charge in [0.15, 0.2) is 5.78 Å². The number of rotatable bonds is 6. The van der Waals surface area contributed by atoms with Gasteiger partial charge in [-0.15, -0.1) is 0 Å². The van der Waals surface area contributed by atoms with E-state index in [2.05, 4.69) is 5.32 Å². The fourth-order valence-electron chi connectivity index (χ4n) is 5.65. The molecule has 1 aromatic rings. The minimum Gasteiger partial charge on any atom is -0.459 e. The highest BCUT2D eigenvalue weighted by atomic mass is 19.1. The Bertz CT molecular complexity index is 973. The van der Waals surface area contributed by atoms with Crippen LogP contribution >= 0.6 is 0 Å². The first-order valence-corrected chi connectivity index (χ1v) is 11.3. The van der Waals surface area contributed by atoms with E-state index >= 15 is 0 Å². The van der Waals surface area contributed by atoms with E-state index < -0.39 is 11.7 Å². The SMILES string of the molecule is CC(=O)O[C@]1(C)CC[C@H]2[C@H](CNCCc3ccccc3F)C(=O)O[C@@H]2C2=C(C)C(=O)C[C@H]21. The summed E-state index contributed by atoms with van der Waals surface area (Å²) in [6, 6.07) is 6.66. The molecule has 3 aliphatic rings. The fourth-order valence-corrected chi connectivity index (χ4v) is 5.65. The molecule has 4 rings (SSSR count). The third kappa shape index (κ3) is 4.10. The largest absolute Gasteiger partial charge is 0.459 e. The summed E-state index contributed by atoms with van der Waals surface area (Å²) in [5.41, 5.74) is 1.29. The number of ether oxygens (including phenoxy) is 2. The molecule has 0 radical (unpaired) electrons. The highest BCUT2D eigenvalue weighted by Crippen LogP contribution is 2.52. The lowest BCUT2D eigenvalue weighted by Gasteiger charge is -2.35. The number of carbonyl (C=O) groups excluding carboxylic acids is 3. The van der Waals surface area contributed by atoms with E-state index in [9.17, 15) is 18.8 Å². The third-order valence-electron chi connectivity index (χ3n) is 7.36. The molecule has 1 saturated carbocycles. The van der Waals surface area contributed by atoms with E-state index in [1.54, 1.807) is 25.1 Å². The Hall–Kier alpha value is -2.54. The molecule has 2 aliphatic carbocycles. The predicted molar refractivity (Wildman–Crippen MR) is 115 cm³/mol. The van der Waals surface area contributed by atoms with Gasteiger partial charge in [-0.1, -0.05) is 18.2 Å². The van der Waals surface area contributed by atoms with E-state index in [1.807, 2.05) is 6.92 Å². The summed E-state index contributed by atoms with van der Waals surface area (Å²) in [6.45, 7) is 6.00. The summed E-state index contributed by atoms with van der Waals surface area (Å²) in [5, 5.41) is 3.28. The van der Waals surface area contributed by atoms with Crippen LogP contribution in [-0.2, 0) is 30.3 Å². The lowest BCUT2D eigenvalue weighted by atomic mass is 9.81. The maximum atomic E-state index is 13.8. The van der Waals surface area contributed by atoms with E-state index in [1.165, 1.54) is 13.0 Å². The molecule has 0 unspecified atom stereocenters. The first kappa shape index (κ1) is 22.6. The second-order valence-corrected chi connectivity index (χ2v) is 9.38. The Labute approximate surface area is 187 Å². The smallest absolute Gasteiger partial charge is 0.311 e. The molecule has 172 valence electrons. The van der Waals surface area contributed by atoms with Gasteiger partial charge >= 0.3 is 11.9 Å². The van der Waals surface area contributed by atoms with Gasteiger partial charge in [0, 0.05) is 31.7 Å². The van der Waals surface area contributed by atoms with E-state index in [0.29, 0.717) is 43.5 Å². The van der Waals surface area contributed by atoms with Crippen LogP contribution in [0.3, 0.4) is 0 Å². The summed E-state index contributed by atoms with van der Waals surface area (Å²) in [5.74, 6) is -1.59. The zero-order chi connectivity index (χ0) is 23.0. The van der Waals surface area contributed by atoms with Crippen molar-refractivity contribution in [2.45, 2.75) is 58.2 Å². The van der Waals surface area contributed by atoms with E-state index in [-0.39, 0.29) is 47.7 Å². The monoisotopic (exact) mass is 443 g/mol. The van der Waals surface area contributed by atoms with E-state index in [4.69, 9.17) is 9.47 Å². The molecule has 1 saturated heterocycles. The zero-order valence-electron chi connectivity index (χ0n) is 18.8. The van der Waals surface area contributed by atoms with Crippen LogP contribution < -0.4 is 5.32 Å². The first-order valence-electron chi connectivity index (χ1n) is 11.3. The summed E-state index contributed by atoms with van der Waals surface area (Å²) in [6.07, 6.45) is 1.55. The molecular weight excluding hydrogens is 413 g/mol. The number of nitrogens with one attached hydrogen (secondary N) is 1. The number of hydrogen-bond donors (Lipinski definition) is 1. The maximum Gasteiger partial charge on any atom is 0.311 e. The Morgan fingerprint density at radius 1 is 1.31 bits per heavy atom.